The number of carbonyl (C=O) groups is 3. The van der Waals surface area contributed by atoms with Crippen LogP contribution >= 0.6 is 0 Å². The maximum Gasteiger partial charge on any atom is 0.408 e. The van der Waals surface area contributed by atoms with Crippen LogP contribution in [0.1, 0.15) is 125 Å². The number of aryl methyl sites for hydroxylation is 1. The molecule has 0 aromatic heterocycles. The van der Waals surface area contributed by atoms with E-state index in [1.807, 2.05) is 58.9 Å². The van der Waals surface area contributed by atoms with Crippen LogP contribution in [0.15, 0.2) is 24.3 Å². The molecule has 7 nitrogen and oxygen atoms in total. The number of benzene rings is 1. The molecule has 0 aliphatic rings. The standard InChI is InChI=1S/C32H55N3O4/c1-11-14-15-16-17-22-35(29(37)26(23(4)12-2)33-30(38)39-32(8,9)10)27(28(36)34-31(5,6)7)25-20-18-24(13-3)19-21-25/h18-21,23,26-27H,11-17,22H2,1-10H3,(H,33,38)(H,34,36). The molecule has 0 bridgehead atoms. The summed E-state index contributed by atoms with van der Waals surface area (Å²) >= 11 is 0. The van der Waals surface area contributed by atoms with Gasteiger partial charge in [-0.2, -0.15) is 0 Å². The van der Waals surface area contributed by atoms with Crippen LogP contribution in [0, 0.1) is 5.92 Å². The lowest BCUT2D eigenvalue weighted by atomic mass is 9.94. The molecule has 1 aromatic rings. The van der Waals surface area contributed by atoms with Crippen molar-refractivity contribution in [2.24, 2.45) is 5.92 Å². The predicted molar refractivity (Wildman–Crippen MR) is 160 cm³/mol. The Morgan fingerprint density at radius 3 is 1.97 bits per heavy atom. The fourth-order valence-corrected chi connectivity index (χ4v) is 4.39. The quantitative estimate of drug-likeness (QED) is 0.248. The molecule has 1 rings (SSSR count). The summed E-state index contributed by atoms with van der Waals surface area (Å²) in [5, 5.41) is 5.94. The van der Waals surface area contributed by atoms with E-state index >= 15 is 0 Å². The zero-order valence-corrected chi connectivity index (χ0v) is 26.3. The zero-order chi connectivity index (χ0) is 29.8. The van der Waals surface area contributed by atoms with E-state index in [4.69, 9.17) is 4.74 Å². The fourth-order valence-electron chi connectivity index (χ4n) is 4.39. The van der Waals surface area contributed by atoms with Gasteiger partial charge in [0.05, 0.1) is 0 Å². The smallest absolute Gasteiger partial charge is 0.408 e. The van der Waals surface area contributed by atoms with Crippen molar-refractivity contribution in [2.75, 3.05) is 6.54 Å². The molecule has 0 aliphatic carbocycles. The number of alkyl carbamates (subject to hydrolysis) is 1. The summed E-state index contributed by atoms with van der Waals surface area (Å²) in [4.78, 5) is 42.7. The van der Waals surface area contributed by atoms with E-state index in [0.29, 0.717) is 13.0 Å². The summed E-state index contributed by atoms with van der Waals surface area (Å²) in [7, 11) is 0. The largest absolute Gasteiger partial charge is 0.444 e. The second-order valence-corrected chi connectivity index (χ2v) is 12.7. The molecule has 39 heavy (non-hydrogen) atoms. The van der Waals surface area contributed by atoms with Crippen LogP contribution in [0.25, 0.3) is 0 Å². The Morgan fingerprint density at radius 1 is 0.897 bits per heavy atom. The summed E-state index contributed by atoms with van der Waals surface area (Å²) in [5.41, 5.74) is 0.757. The Kier molecular flexibility index (Phi) is 14.0. The molecular formula is C32H55N3O4. The first-order chi connectivity index (χ1) is 18.1. The second kappa shape index (κ2) is 15.9. The third-order valence-electron chi connectivity index (χ3n) is 6.70. The number of rotatable bonds is 14. The first-order valence-electron chi connectivity index (χ1n) is 14.8. The number of nitrogens with one attached hydrogen (secondary N) is 2. The van der Waals surface area contributed by atoms with Crippen molar-refractivity contribution in [2.45, 2.75) is 137 Å². The summed E-state index contributed by atoms with van der Waals surface area (Å²) in [5.74, 6) is -0.644. The summed E-state index contributed by atoms with van der Waals surface area (Å²) in [6.07, 6.45) is 6.01. The minimum Gasteiger partial charge on any atom is -0.444 e. The lowest BCUT2D eigenvalue weighted by molar-refractivity contribution is -0.144. The molecule has 3 atom stereocenters. The van der Waals surface area contributed by atoms with Crippen molar-refractivity contribution in [1.29, 1.82) is 0 Å². The van der Waals surface area contributed by atoms with Crippen molar-refractivity contribution >= 4 is 17.9 Å². The topological polar surface area (TPSA) is 87.7 Å². The predicted octanol–water partition coefficient (Wildman–Crippen LogP) is 6.94. The Balaban J connectivity index is 3.54. The Labute approximate surface area is 237 Å². The van der Waals surface area contributed by atoms with Crippen LogP contribution in [0.3, 0.4) is 0 Å². The van der Waals surface area contributed by atoms with Gasteiger partial charge in [0.1, 0.15) is 17.7 Å². The van der Waals surface area contributed by atoms with Gasteiger partial charge >= 0.3 is 6.09 Å². The highest BCUT2D eigenvalue weighted by Gasteiger charge is 2.38. The SMILES string of the molecule is CCCCCCCN(C(=O)C(NC(=O)OC(C)(C)C)C(C)CC)C(C(=O)NC(C)(C)C)c1ccc(CC)cc1. The number of nitrogens with zero attached hydrogens (tertiary/aromatic N) is 1. The molecule has 0 heterocycles. The third kappa shape index (κ3) is 12.4. The van der Waals surface area contributed by atoms with Gasteiger partial charge in [-0.1, -0.05) is 84.1 Å². The lowest BCUT2D eigenvalue weighted by Gasteiger charge is -2.37. The van der Waals surface area contributed by atoms with Gasteiger partial charge in [-0.15, -0.1) is 0 Å². The van der Waals surface area contributed by atoms with Crippen LogP contribution in [0.5, 0.6) is 0 Å². The molecule has 3 amide bonds. The molecule has 0 spiro atoms. The summed E-state index contributed by atoms with van der Waals surface area (Å²) in [6.45, 7) is 19.8. The van der Waals surface area contributed by atoms with Crippen molar-refractivity contribution in [3.63, 3.8) is 0 Å². The first-order valence-corrected chi connectivity index (χ1v) is 14.8. The van der Waals surface area contributed by atoms with E-state index in [0.717, 1.165) is 49.7 Å². The molecule has 222 valence electrons. The van der Waals surface area contributed by atoms with Gasteiger partial charge in [0.15, 0.2) is 0 Å². The molecule has 1 aromatic carbocycles. The van der Waals surface area contributed by atoms with Gasteiger partial charge in [-0.25, -0.2) is 4.79 Å². The van der Waals surface area contributed by atoms with Crippen LogP contribution in [-0.2, 0) is 20.7 Å². The number of amides is 3. The first kappa shape index (κ1) is 34.5. The third-order valence-corrected chi connectivity index (χ3v) is 6.70. The summed E-state index contributed by atoms with van der Waals surface area (Å²) < 4.78 is 5.50. The molecule has 7 heteroatoms. The molecular weight excluding hydrogens is 490 g/mol. The minimum atomic E-state index is -0.819. The molecule has 0 radical (unpaired) electrons. The highest BCUT2D eigenvalue weighted by atomic mass is 16.6. The lowest BCUT2D eigenvalue weighted by Crippen LogP contribution is -2.56. The fraction of sp³-hybridized carbons (Fsp3) is 0.719. The van der Waals surface area contributed by atoms with Gasteiger partial charge in [0.2, 0.25) is 11.8 Å². The maximum absolute atomic E-state index is 14.3. The normalized spacial score (nSPS) is 14.2. The van der Waals surface area contributed by atoms with Gasteiger partial charge in [-0.3, -0.25) is 9.59 Å². The minimum absolute atomic E-state index is 0.151. The number of ether oxygens (including phenoxy) is 1. The number of hydrogen-bond acceptors (Lipinski definition) is 4. The maximum atomic E-state index is 14.3. The summed E-state index contributed by atoms with van der Waals surface area (Å²) in [6, 6.07) is 6.29. The monoisotopic (exact) mass is 545 g/mol. The van der Waals surface area contributed by atoms with E-state index in [1.54, 1.807) is 25.7 Å². The molecule has 0 fully saturated rings. The molecule has 2 N–H and O–H groups in total. The number of unbranched alkanes of at least 4 members (excludes halogenated alkanes) is 4. The van der Waals surface area contributed by atoms with Crippen LogP contribution in [0.2, 0.25) is 0 Å². The van der Waals surface area contributed by atoms with Gasteiger partial charge in [-0.05, 0) is 71.4 Å². The van der Waals surface area contributed by atoms with Crippen molar-refractivity contribution < 1.29 is 19.1 Å². The van der Waals surface area contributed by atoms with E-state index in [-0.39, 0.29) is 17.7 Å². The molecule has 3 unspecified atom stereocenters. The number of carbonyl (C=O) groups excluding carboxylic acids is 3. The van der Waals surface area contributed by atoms with E-state index < -0.39 is 29.3 Å². The van der Waals surface area contributed by atoms with Crippen molar-refractivity contribution in [3.05, 3.63) is 35.4 Å². The van der Waals surface area contributed by atoms with Crippen molar-refractivity contribution in [3.8, 4) is 0 Å². The average molecular weight is 546 g/mol. The highest BCUT2D eigenvalue weighted by molar-refractivity contribution is 5.92. The van der Waals surface area contributed by atoms with E-state index in [1.165, 1.54) is 0 Å². The van der Waals surface area contributed by atoms with Crippen LogP contribution in [-0.4, -0.2) is 46.5 Å². The Bertz CT molecular complexity index is 899. The molecule has 0 saturated heterocycles. The van der Waals surface area contributed by atoms with Crippen molar-refractivity contribution in [1.82, 2.24) is 15.5 Å². The van der Waals surface area contributed by atoms with Gasteiger partial charge in [0, 0.05) is 12.1 Å². The Morgan fingerprint density at radius 2 is 1.49 bits per heavy atom. The Hall–Kier alpha value is -2.57. The highest BCUT2D eigenvalue weighted by Crippen LogP contribution is 2.27. The average Bonchev–Trinajstić information content (AvgIpc) is 2.83. The molecule has 0 saturated carbocycles. The number of hydrogen-bond donors (Lipinski definition) is 2. The van der Waals surface area contributed by atoms with Crippen LogP contribution in [0.4, 0.5) is 4.79 Å². The second-order valence-electron chi connectivity index (χ2n) is 12.7. The van der Waals surface area contributed by atoms with E-state index in [2.05, 4.69) is 24.5 Å². The zero-order valence-electron chi connectivity index (χ0n) is 26.3. The van der Waals surface area contributed by atoms with E-state index in [9.17, 15) is 14.4 Å². The van der Waals surface area contributed by atoms with Crippen LogP contribution < -0.4 is 10.6 Å². The molecule has 0 aliphatic heterocycles. The van der Waals surface area contributed by atoms with Gasteiger partial charge in [0.25, 0.3) is 0 Å². The van der Waals surface area contributed by atoms with Gasteiger partial charge < -0.3 is 20.3 Å².